The zero-order chi connectivity index (χ0) is 11.4. The van der Waals surface area contributed by atoms with E-state index in [-0.39, 0.29) is 16.8 Å². The van der Waals surface area contributed by atoms with Crippen molar-refractivity contribution >= 4 is 17.6 Å². The molecule has 1 aromatic carbocycles. The van der Waals surface area contributed by atoms with Gasteiger partial charge in [-0.2, -0.15) is 10.5 Å². The first-order valence-corrected chi connectivity index (χ1v) is 3.70. The highest BCUT2D eigenvalue weighted by molar-refractivity contribution is 5.96. The third-order valence-corrected chi connectivity index (χ3v) is 1.59. The fourth-order valence-corrected chi connectivity index (χ4v) is 0.993. The minimum Gasteiger partial charge on any atom is -0.399 e. The van der Waals surface area contributed by atoms with Crippen molar-refractivity contribution in [1.29, 1.82) is 0 Å². The van der Waals surface area contributed by atoms with Gasteiger partial charge in [-0.05, 0) is 18.2 Å². The molecule has 1 rings (SSSR count). The van der Waals surface area contributed by atoms with E-state index in [0.717, 1.165) is 6.07 Å². The third-order valence-electron chi connectivity index (χ3n) is 1.59. The Balaban J connectivity index is 3.16. The molecular weight excluding hydrogens is 206 g/mol. The molecule has 0 aromatic heterocycles. The highest BCUT2D eigenvalue weighted by Gasteiger charge is 2.14. The Labute approximate surface area is 83.5 Å². The molecule has 0 aliphatic heterocycles. The molecule has 0 spiro atoms. The molecule has 0 radical (unpaired) electrons. The van der Waals surface area contributed by atoms with Gasteiger partial charge >= 0.3 is 11.9 Å². The molecule has 7 nitrogen and oxygen atoms in total. The highest BCUT2D eigenvalue weighted by atomic mass is 17.1. The second kappa shape index (κ2) is 4.40. The predicted molar refractivity (Wildman–Crippen MR) is 46.9 cm³/mol. The van der Waals surface area contributed by atoms with Gasteiger partial charge in [-0.3, -0.25) is 9.78 Å². The van der Waals surface area contributed by atoms with Crippen molar-refractivity contribution in [2.75, 3.05) is 5.73 Å². The van der Waals surface area contributed by atoms with Crippen LogP contribution in [0.1, 0.15) is 20.7 Å². The molecule has 0 amide bonds. The number of carbonyl (C=O) groups is 2. The van der Waals surface area contributed by atoms with Crippen molar-refractivity contribution in [2.45, 2.75) is 0 Å². The van der Waals surface area contributed by atoms with Gasteiger partial charge in [-0.15, -0.1) is 0 Å². The summed E-state index contributed by atoms with van der Waals surface area (Å²) in [4.78, 5) is 28.7. The fourth-order valence-electron chi connectivity index (χ4n) is 0.993. The predicted octanol–water partition coefficient (Wildman–Crippen LogP) is 0.528. The van der Waals surface area contributed by atoms with Crippen molar-refractivity contribution in [3.05, 3.63) is 29.3 Å². The summed E-state index contributed by atoms with van der Waals surface area (Å²) in [5, 5.41) is 16.2. The summed E-state index contributed by atoms with van der Waals surface area (Å²) in [6, 6.07) is 3.42. The van der Waals surface area contributed by atoms with Crippen molar-refractivity contribution in [3.63, 3.8) is 0 Å². The smallest absolute Gasteiger partial charge is 0.372 e. The average molecular weight is 213 g/mol. The lowest BCUT2D eigenvalue weighted by Crippen LogP contribution is -2.08. The van der Waals surface area contributed by atoms with E-state index >= 15 is 0 Å². The number of hydrogen-bond donors (Lipinski definition) is 3. The van der Waals surface area contributed by atoms with Gasteiger partial charge in [0.15, 0.2) is 0 Å². The molecule has 80 valence electrons. The number of nitrogens with two attached hydrogens (primary N) is 1. The second-order valence-electron chi connectivity index (χ2n) is 2.60. The fraction of sp³-hybridized carbons (Fsp3) is 0. The van der Waals surface area contributed by atoms with E-state index in [9.17, 15) is 9.59 Å². The van der Waals surface area contributed by atoms with Crippen LogP contribution in [0.3, 0.4) is 0 Å². The number of hydrogen-bond acceptors (Lipinski definition) is 7. The first-order chi connectivity index (χ1) is 7.08. The Hall–Kier alpha value is -2.12. The largest absolute Gasteiger partial charge is 0.399 e. The van der Waals surface area contributed by atoms with Gasteiger partial charge in [0.05, 0.1) is 11.1 Å². The summed E-state index contributed by atoms with van der Waals surface area (Å²) >= 11 is 0. The summed E-state index contributed by atoms with van der Waals surface area (Å²) in [5.41, 5.74) is 5.17. The standard InChI is InChI=1S/C8H7NO6/c9-6-2-4(7(10)14-12)1-5(3-6)8(11)15-13/h1-3,12-13H,9H2. The SMILES string of the molecule is Nc1cc(C(=O)OO)cc(C(=O)OO)c1. The molecule has 0 fully saturated rings. The molecule has 0 aliphatic rings. The molecule has 7 heteroatoms. The van der Waals surface area contributed by atoms with Crippen LogP contribution in [0.4, 0.5) is 5.69 Å². The molecular formula is C8H7NO6. The molecule has 0 saturated carbocycles. The van der Waals surface area contributed by atoms with Crippen molar-refractivity contribution < 1.29 is 29.9 Å². The molecule has 0 bridgehead atoms. The van der Waals surface area contributed by atoms with Gasteiger partial charge in [0.25, 0.3) is 0 Å². The van der Waals surface area contributed by atoms with Crippen LogP contribution >= 0.6 is 0 Å². The van der Waals surface area contributed by atoms with E-state index in [4.69, 9.17) is 16.2 Å². The maximum atomic E-state index is 10.9. The molecule has 0 saturated heterocycles. The zero-order valence-electron chi connectivity index (χ0n) is 7.34. The minimum atomic E-state index is -1.07. The molecule has 0 heterocycles. The second-order valence-corrected chi connectivity index (χ2v) is 2.60. The van der Waals surface area contributed by atoms with Gasteiger partial charge in [-0.1, -0.05) is 0 Å². The molecule has 4 N–H and O–H groups in total. The van der Waals surface area contributed by atoms with E-state index in [0.29, 0.717) is 0 Å². The van der Waals surface area contributed by atoms with Crippen LogP contribution in [0.2, 0.25) is 0 Å². The highest BCUT2D eigenvalue weighted by Crippen LogP contribution is 2.13. The number of benzene rings is 1. The summed E-state index contributed by atoms with van der Waals surface area (Å²) in [5.74, 6) is -2.15. The quantitative estimate of drug-likeness (QED) is 0.372. The summed E-state index contributed by atoms with van der Waals surface area (Å²) in [6.45, 7) is 0. The monoisotopic (exact) mass is 213 g/mol. The molecule has 0 unspecified atom stereocenters. The lowest BCUT2D eigenvalue weighted by molar-refractivity contribution is -0.183. The van der Waals surface area contributed by atoms with E-state index in [1.807, 2.05) is 0 Å². The number of rotatable bonds is 2. The molecule has 0 atom stereocenters. The Morgan fingerprint density at radius 1 is 1.00 bits per heavy atom. The Kier molecular flexibility index (Phi) is 3.21. The van der Waals surface area contributed by atoms with Crippen molar-refractivity contribution in [3.8, 4) is 0 Å². The average Bonchev–Trinajstić information content (AvgIpc) is 2.26. The van der Waals surface area contributed by atoms with E-state index in [1.165, 1.54) is 12.1 Å². The molecule has 1 aromatic rings. The van der Waals surface area contributed by atoms with Crippen LogP contribution in [-0.2, 0) is 9.78 Å². The van der Waals surface area contributed by atoms with E-state index in [2.05, 4.69) is 9.78 Å². The molecule has 0 aliphatic carbocycles. The van der Waals surface area contributed by atoms with Gasteiger partial charge in [-0.25, -0.2) is 9.59 Å². The number of anilines is 1. The maximum Gasteiger partial charge on any atom is 0.372 e. The molecule has 15 heavy (non-hydrogen) atoms. The van der Waals surface area contributed by atoms with Crippen LogP contribution in [0, 0.1) is 0 Å². The van der Waals surface area contributed by atoms with Gasteiger partial charge in [0.2, 0.25) is 0 Å². The van der Waals surface area contributed by atoms with Crippen LogP contribution in [0.5, 0.6) is 0 Å². The van der Waals surface area contributed by atoms with Crippen LogP contribution in [0.15, 0.2) is 18.2 Å². The Morgan fingerprint density at radius 3 is 1.73 bits per heavy atom. The Bertz CT molecular complexity index is 368. The number of carbonyl (C=O) groups excluding carboxylic acids is 2. The lowest BCUT2D eigenvalue weighted by atomic mass is 10.1. The van der Waals surface area contributed by atoms with Gasteiger partial charge in [0, 0.05) is 5.69 Å². The van der Waals surface area contributed by atoms with Gasteiger partial charge < -0.3 is 5.73 Å². The zero-order valence-corrected chi connectivity index (χ0v) is 7.34. The third kappa shape index (κ3) is 2.42. The van der Waals surface area contributed by atoms with E-state index in [1.54, 1.807) is 0 Å². The van der Waals surface area contributed by atoms with Crippen LogP contribution in [-0.4, -0.2) is 22.5 Å². The first-order valence-electron chi connectivity index (χ1n) is 3.70. The van der Waals surface area contributed by atoms with Crippen LogP contribution in [0.25, 0.3) is 0 Å². The van der Waals surface area contributed by atoms with Crippen molar-refractivity contribution in [2.24, 2.45) is 0 Å². The Morgan fingerprint density at radius 2 is 1.40 bits per heavy atom. The van der Waals surface area contributed by atoms with Crippen molar-refractivity contribution in [1.82, 2.24) is 0 Å². The van der Waals surface area contributed by atoms with E-state index < -0.39 is 11.9 Å². The first kappa shape index (κ1) is 11.0. The van der Waals surface area contributed by atoms with Gasteiger partial charge in [0.1, 0.15) is 0 Å². The number of nitrogen functional groups attached to an aromatic ring is 1. The topological polar surface area (TPSA) is 119 Å². The maximum absolute atomic E-state index is 10.9. The summed E-state index contributed by atoms with van der Waals surface area (Å²) < 4.78 is 0. The normalized spacial score (nSPS) is 9.47. The minimum absolute atomic E-state index is 0.0818. The lowest BCUT2D eigenvalue weighted by Gasteiger charge is -2.02. The summed E-state index contributed by atoms with van der Waals surface area (Å²) in [7, 11) is 0. The van der Waals surface area contributed by atoms with Crippen LogP contribution < -0.4 is 5.73 Å². The summed E-state index contributed by atoms with van der Waals surface area (Å²) in [6.07, 6.45) is 0.